The number of carboxylic acid groups (broad SMARTS) is 1. The Labute approximate surface area is 196 Å². The lowest BCUT2D eigenvalue weighted by molar-refractivity contribution is 0.0476. The lowest BCUT2D eigenvalue weighted by atomic mass is 10.2. The highest BCUT2D eigenvalue weighted by Crippen LogP contribution is 2.36. The molecule has 1 fully saturated rings. The number of carbonyl (C=O) groups excluding carboxylic acids is 2. The van der Waals surface area contributed by atoms with Crippen LogP contribution in [0.5, 0.6) is 5.75 Å². The van der Waals surface area contributed by atoms with Crippen LogP contribution in [0.3, 0.4) is 0 Å². The molecule has 0 aromatic carbocycles. The molecule has 0 atom stereocenters. The minimum absolute atomic E-state index is 0.0437. The van der Waals surface area contributed by atoms with Gasteiger partial charge in [0, 0.05) is 12.4 Å². The maximum Gasteiger partial charge on any atom is 0.408 e. The van der Waals surface area contributed by atoms with E-state index in [1.54, 1.807) is 26.8 Å². The van der Waals surface area contributed by atoms with E-state index in [0.29, 0.717) is 5.75 Å². The molecule has 2 N–H and O–H groups in total. The van der Waals surface area contributed by atoms with Gasteiger partial charge in [0.25, 0.3) is 0 Å². The molecule has 11 heteroatoms. The number of rotatable bonds is 6. The summed E-state index contributed by atoms with van der Waals surface area (Å²) in [5, 5.41) is 11.2. The largest absolute Gasteiger partial charge is 0.490 e. The van der Waals surface area contributed by atoms with Crippen LogP contribution in [0.2, 0.25) is 5.15 Å². The molecule has 2 aromatic heterocycles. The summed E-state index contributed by atoms with van der Waals surface area (Å²) in [6.07, 6.45) is 5.36. The summed E-state index contributed by atoms with van der Waals surface area (Å²) in [4.78, 5) is 41.2. The van der Waals surface area contributed by atoms with Gasteiger partial charge in [-0.05, 0) is 51.8 Å². The van der Waals surface area contributed by atoms with E-state index < -0.39 is 29.2 Å². The molecule has 3 rings (SSSR count). The number of alkyl carbamates (subject to hydrolysis) is 1. The molecule has 1 aliphatic carbocycles. The van der Waals surface area contributed by atoms with E-state index in [-0.39, 0.29) is 22.9 Å². The zero-order valence-electron chi connectivity index (χ0n) is 18.8. The van der Waals surface area contributed by atoms with Gasteiger partial charge < -0.3 is 24.6 Å². The van der Waals surface area contributed by atoms with Crippen LogP contribution in [0.25, 0.3) is 0 Å². The van der Waals surface area contributed by atoms with Gasteiger partial charge in [0.2, 0.25) is 0 Å². The molecule has 0 unspecified atom stereocenters. The van der Waals surface area contributed by atoms with Gasteiger partial charge in [0.05, 0.1) is 24.4 Å². The molecule has 10 nitrogen and oxygen atoms in total. The van der Waals surface area contributed by atoms with Gasteiger partial charge in [0.1, 0.15) is 28.7 Å². The van der Waals surface area contributed by atoms with Crippen molar-refractivity contribution < 1.29 is 33.7 Å². The highest BCUT2D eigenvalue weighted by molar-refractivity contribution is 6.32. The lowest BCUT2D eigenvalue weighted by Crippen LogP contribution is -2.44. The molecule has 0 saturated heterocycles. The summed E-state index contributed by atoms with van der Waals surface area (Å²) in [7, 11) is 1.26. The van der Waals surface area contributed by atoms with Gasteiger partial charge in [-0.2, -0.15) is 0 Å². The minimum atomic E-state index is -0.942. The summed E-state index contributed by atoms with van der Waals surface area (Å²) in [5.74, 6) is -1.16. The van der Waals surface area contributed by atoms with E-state index in [1.807, 2.05) is 0 Å². The predicted molar refractivity (Wildman–Crippen MR) is 119 cm³/mol. The molecule has 0 bridgehead atoms. The van der Waals surface area contributed by atoms with E-state index in [9.17, 15) is 14.4 Å². The van der Waals surface area contributed by atoms with Crippen LogP contribution in [0.4, 0.5) is 4.79 Å². The number of esters is 1. The third-order valence-corrected chi connectivity index (χ3v) is 4.56. The number of halogens is 1. The van der Waals surface area contributed by atoms with Crippen molar-refractivity contribution in [3.63, 3.8) is 0 Å². The fraction of sp³-hybridized carbons (Fsp3) is 0.409. The average molecular weight is 480 g/mol. The first-order chi connectivity index (χ1) is 15.4. The van der Waals surface area contributed by atoms with Gasteiger partial charge in [-0.1, -0.05) is 11.6 Å². The standard InChI is InChI=1S/C16H21ClN2O5.C6H5NO2/c1-15(2,3)24-14(21)19-16(5-6-16)9-23-10-7-11(13(20)22-4)12(17)18-8-10;8-6(9)5-2-1-3-7-4-5/h7-8H,5-6,9H2,1-4H3,(H,19,21);1-4H,(H,8,9). The Morgan fingerprint density at radius 3 is 2.42 bits per heavy atom. The van der Waals surface area contributed by atoms with Crippen molar-refractivity contribution in [1.82, 2.24) is 15.3 Å². The SMILES string of the molecule is COC(=O)c1cc(OCC2(NC(=O)OC(C)(C)C)CC2)cnc1Cl.O=C(O)c1cccnc1. The Kier molecular flexibility index (Phi) is 8.58. The molecule has 0 spiro atoms. The van der Waals surface area contributed by atoms with Crippen LogP contribution >= 0.6 is 11.6 Å². The number of pyridine rings is 2. The van der Waals surface area contributed by atoms with Gasteiger partial charge in [0.15, 0.2) is 0 Å². The van der Waals surface area contributed by atoms with E-state index in [4.69, 9.17) is 26.2 Å². The van der Waals surface area contributed by atoms with E-state index in [1.165, 1.54) is 37.8 Å². The third kappa shape index (κ3) is 8.57. The van der Waals surface area contributed by atoms with Crippen LogP contribution in [-0.2, 0) is 9.47 Å². The number of methoxy groups -OCH3 is 1. The number of hydrogen-bond donors (Lipinski definition) is 2. The number of amides is 1. The predicted octanol–water partition coefficient (Wildman–Crippen LogP) is 3.74. The number of carbonyl (C=O) groups is 3. The Balaban J connectivity index is 0.000000357. The number of nitrogens with one attached hydrogen (secondary N) is 1. The first-order valence-corrected chi connectivity index (χ1v) is 10.3. The van der Waals surface area contributed by atoms with Crippen molar-refractivity contribution in [3.05, 3.63) is 53.1 Å². The molecule has 33 heavy (non-hydrogen) atoms. The van der Waals surface area contributed by atoms with Gasteiger partial charge in [-0.15, -0.1) is 0 Å². The van der Waals surface area contributed by atoms with Crippen LogP contribution in [0.1, 0.15) is 54.3 Å². The summed E-state index contributed by atoms with van der Waals surface area (Å²) in [5.41, 5.74) is -0.664. The topological polar surface area (TPSA) is 137 Å². The van der Waals surface area contributed by atoms with Crippen molar-refractivity contribution >= 4 is 29.6 Å². The average Bonchev–Trinajstić information content (AvgIpc) is 3.51. The highest BCUT2D eigenvalue weighted by Gasteiger charge is 2.46. The van der Waals surface area contributed by atoms with Crippen molar-refractivity contribution in [3.8, 4) is 5.75 Å². The third-order valence-electron chi connectivity index (χ3n) is 4.26. The van der Waals surface area contributed by atoms with Crippen molar-refractivity contribution in [2.24, 2.45) is 0 Å². The quantitative estimate of drug-likeness (QED) is 0.468. The number of ether oxygens (including phenoxy) is 3. The number of carboxylic acids is 1. The smallest absolute Gasteiger partial charge is 0.408 e. The summed E-state index contributed by atoms with van der Waals surface area (Å²) in [6.45, 7) is 5.65. The first-order valence-electron chi connectivity index (χ1n) is 9.96. The summed E-state index contributed by atoms with van der Waals surface area (Å²) >= 11 is 5.86. The molecular weight excluding hydrogens is 454 g/mol. The zero-order chi connectivity index (χ0) is 24.6. The van der Waals surface area contributed by atoms with Gasteiger partial charge >= 0.3 is 18.0 Å². The molecule has 2 heterocycles. The van der Waals surface area contributed by atoms with Gasteiger partial charge in [-0.25, -0.2) is 19.4 Å². The number of nitrogens with zero attached hydrogens (tertiary/aromatic N) is 2. The van der Waals surface area contributed by atoms with Crippen molar-refractivity contribution in [1.29, 1.82) is 0 Å². The van der Waals surface area contributed by atoms with Crippen molar-refractivity contribution in [2.45, 2.75) is 44.8 Å². The molecule has 0 radical (unpaired) electrons. The number of hydrogen-bond acceptors (Lipinski definition) is 8. The van der Waals surface area contributed by atoms with Gasteiger partial charge in [-0.3, -0.25) is 4.98 Å². The fourth-order valence-corrected chi connectivity index (χ4v) is 2.63. The van der Waals surface area contributed by atoms with Crippen LogP contribution < -0.4 is 10.1 Å². The molecule has 1 amide bonds. The van der Waals surface area contributed by atoms with E-state index >= 15 is 0 Å². The Morgan fingerprint density at radius 1 is 1.24 bits per heavy atom. The van der Waals surface area contributed by atoms with E-state index in [2.05, 4.69) is 20.0 Å². The number of aromatic nitrogens is 2. The summed E-state index contributed by atoms with van der Waals surface area (Å²) < 4.78 is 15.5. The fourth-order valence-electron chi connectivity index (χ4n) is 2.45. The van der Waals surface area contributed by atoms with Crippen molar-refractivity contribution in [2.75, 3.05) is 13.7 Å². The van der Waals surface area contributed by atoms with Crippen LogP contribution in [-0.4, -0.2) is 58.0 Å². The Hall–Kier alpha value is -3.40. The second kappa shape index (κ2) is 11.0. The molecule has 178 valence electrons. The monoisotopic (exact) mass is 479 g/mol. The number of aromatic carboxylic acids is 1. The lowest BCUT2D eigenvalue weighted by Gasteiger charge is -2.23. The Morgan fingerprint density at radius 2 is 1.94 bits per heavy atom. The minimum Gasteiger partial charge on any atom is -0.490 e. The second-order valence-electron chi connectivity index (χ2n) is 8.24. The molecular formula is C22H26ClN3O7. The summed E-state index contributed by atoms with van der Waals surface area (Å²) in [6, 6.07) is 4.55. The molecule has 2 aromatic rings. The maximum atomic E-state index is 11.9. The van der Waals surface area contributed by atoms with Crippen LogP contribution in [0, 0.1) is 0 Å². The molecule has 1 aliphatic rings. The molecule has 1 saturated carbocycles. The van der Waals surface area contributed by atoms with E-state index in [0.717, 1.165) is 12.8 Å². The Bertz CT molecular complexity index is 989. The molecule has 0 aliphatic heterocycles. The second-order valence-corrected chi connectivity index (χ2v) is 8.60. The normalized spacial score (nSPS) is 13.6. The first kappa shape index (κ1) is 25.9. The maximum absolute atomic E-state index is 11.9. The van der Waals surface area contributed by atoms with Crippen LogP contribution in [0.15, 0.2) is 36.8 Å². The zero-order valence-corrected chi connectivity index (χ0v) is 19.5. The highest BCUT2D eigenvalue weighted by atomic mass is 35.5.